The molecule has 1 aromatic heterocycles. The molecule has 2 rings (SSSR count). The molecule has 0 saturated heterocycles. The van der Waals surface area contributed by atoms with Gasteiger partial charge in [-0.05, 0) is 0 Å². The van der Waals surface area contributed by atoms with E-state index in [4.69, 9.17) is 0 Å². The fourth-order valence-electron chi connectivity index (χ4n) is 3.64. The summed E-state index contributed by atoms with van der Waals surface area (Å²) >= 11 is -3.91. The third-order valence-electron chi connectivity index (χ3n) is 5.56. The maximum atomic E-state index is 11.3. The van der Waals surface area contributed by atoms with E-state index in [0.29, 0.717) is 14.5 Å². The minimum atomic E-state index is -4.29. The molecular weight excluding hydrogens is 587 g/mol. The first kappa shape index (κ1) is 28.8. The van der Waals surface area contributed by atoms with Gasteiger partial charge in [0, 0.05) is 0 Å². The fraction of sp³-hybridized carbons (Fsp3) is 0.552. The Morgan fingerprint density at radius 2 is 1.06 bits per heavy atom. The van der Waals surface area contributed by atoms with Crippen molar-refractivity contribution in [2.24, 2.45) is 10.8 Å². The van der Waals surface area contributed by atoms with Gasteiger partial charge in [-0.1, -0.05) is 0 Å². The van der Waals surface area contributed by atoms with Crippen molar-refractivity contribution in [2.75, 3.05) is 0 Å². The van der Waals surface area contributed by atoms with Crippen LogP contribution in [0.3, 0.4) is 0 Å². The van der Waals surface area contributed by atoms with Crippen LogP contribution in [-0.4, -0.2) is 40.4 Å². The number of hydrogen-bond donors (Lipinski definition) is 2. The first-order chi connectivity index (χ1) is 14.6. The number of rotatable bonds is 2. The monoisotopic (exact) mass is 635 g/mol. The molecule has 4 heteroatoms. The van der Waals surface area contributed by atoms with Gasteiger partial charge in [0.05, 0.1) is 0 Å². The first-order valence-electron chi connectivity index (χ1n) is 11.7. The van der Waals surface area contributed by atoms with Crippen LogP contribution in [0.5, 0.6) is 0 Å². The van der Waals surface area contributed by atoms with E-state index in [0.717, 1.165) is 12.8 Å². The van der Waals surface area contributed by atoms with Gasteiger partial charge in [0.25, 0.3) is 0 Å². The molecule has 1 aliphatic heterocycles. The average Bonchev–Trinajstić information content (AvgIpc) is 2.58. The number of hydrogen-bond acceptors (Lipinski definition) is 2. The molecule has 2 N–H and O–H groups in total. The Morgan fingerprint density at radius 3 is 1.39 bits per heavy atom. The van der Waals surface area contributed by atoms with E-state index >= 15 is 0 Å². The Hall–Kier alpha value is -0.461. The molecule has 33 heavy (non-hydrogen) atoms. The number of allylic oxidation sites excluding steroid dienone is 7. The molecule has 0 saturated carbocycles. The van der Waals surface area contributed by atoms with Crippen molar-refractivity contribution in [3.8, 4) is 0 Å². The molecule has 2 nitrogen and oxygen atoms in total. The molecule has 2 heterocycles. The second-order valence-corrected chi connectivity index (χ2v) is 21.1. The Bertz CT molecular complexity index is 943. The zero-order valence-electron chi connectivity index (χ0n) is 22.8. The molecule has 0 spiro atoms. The first-order valence-corrected chi connectivity index (χ1v) is 17.9. The van der Waals surface area contributed by atoms with E-state index in [2.05, 4.69) is 113 Å². The second kappa shape index (κ2) is 9.54. The molecule has 0 bridgehead atoms. The summed E-state index contributed by atoms with van der Waals surface area (Å²) in [5.41, 5.74) is 2.03. The third kappa shape index (κ3) is 7.27. The summed E-state index contributed by atoms with van der Waals surface area (Å²) in [6.45, 7) is 26.2. The van der Waals surface area contributed by atoms with Crippen molar-refractivity contribution in [1.82, 2.24) is 0 Å². The topological polar surface area (TPSA) is 40.5 Å². The standard InChI is InChI=1S/C29H44O2SeTe/c1-26(2,3)22-16-20(17-23(32-22)27(4,5)6)14-13-15-21-18-24(28(7,8)9)33(30,31)25(19-21)29(10,11)12/h13-19H,1-12H3,(H-,30,31)/p+1/b14-13+. The van der Waals surface area contributed by atoms with Crippen LogP contribution in [0.2, 0.25) is 0 Å². The van der Waals surface area contributed by atoms with Gasteiger partial charge in [0.1, 0.15) is 0 Å². The van der Waals surface area contributed by atoms with Gasteiger partial charge in [-0.15, -0.1) is 0 Å². The van der Waals surface area contributed by atoms with E-state index in [1.165, 1.54) is 14.4 Å². The summed E-state index contributed by atoms with van der Waals surface area (Å²) in [5, 5.41) is 0. The molecule has 1 aliphatic rings. The van der Waals surface area contributed by atoms with Gasteiger partial charge in [-0.2, -0.15) is 0 Å². The zero-order valence-corrected chi connectivity index (χ0v) is 26.8. The Morgan fingerprint density at radius 1 is 0.667 bits per heavy atom. The maximum absolute atomic E-state index is 11.3. The van der Waals surface area contributed by atoms with Crippen molar-refractivity contribution in [1.29, 1.82) is 0 Å². The van der Waals surface area contributed by atoms with Crippen LogP contribution in [0.4, 0.5) is 0 Å². The quantitative estimate of drug-likeness (QED) is 0.345. The van der Waals surface area contributed by atoms with E-state index in [1.807, 2.05) is 12.2 Å². The predicted octanol–water partition coefficient (Wildman–Crippen LogP) is 7.02. The molecule has 1 aromatic rings. The Kier molecular flexibility index (Phi) is 8.31. The normalized spacial score (nSPS) is 18.8. The van der Waals surface area contributed by atoms with E-state index in [1.54, 1.807) is 0 Å². The fourth-order valence-corrected chi connectivity index (χ4v) is 13.5. The summed E-state index contributed by atoms with van der Waals surface area (Å²) in [6.07, 6.45) is 10.4. The molecule has 0 atom stereocenters. The van der Waals surface area contributed by atoms with E-state index in [-0.39, 0.29) is 21.7 Å². The van der Waals surface area contributed by atoms with Gasteiger partial charge < -0.3 is 0 Å². The molecule has 0 amide bonds. The summed E-state index contributed by atoms with van der Waals surface area (Å²) in [4.78, 5) is 0. The van der Waals surface area contributed by atoms with Crippen LogP contribution in [-0.2, 0) is 10.8 Å². The second-order valence-electron chi connectivity index (χ2n) is 13.2. The Labute approximate surface area is 213 Å². The van der Waals surface area contributed by atoms with Gasteiger partial charge in [0.15, 0.2) is 0 Å². The minimum absolute atomic E-state index is 0.165. The van der Waals surface area contributed by atoms with E-state index < -0.39 is 19.0 Å². The van der Waals surface area contributed by atoms with Gasteiger partial charge in [-0.25, -0.2) is 0 Å². The van der Waals surface area contributed by atoms with Crippen molar-refractivity contribution in [3.63, 3.8) is 0 Å². The van der Waals surface area contributed by atoms with Crippen molar-refractivity contribution in [3.05, 3.63) is 63.7 Å². The van der Waals surface area contributed by atoms with Crippen molar-refractivity contribution >= 4 is 39.6 Å². The molecule has 184 valence electrons. The summed E-state index contributed by atoms with van der Waals surface area (Å²) in [6, 6.07) is 4.72. The zero-order chi connectivity index (χ0) is 25.6. The van der Waals surface area contributed by atoms with Crippen LogP contribution in [0.15, 0.2) is 49.3 Å². The van der Waals surface area contributed by atoms with Gasteiger partial charge >= 0.3 is 215 Å². The van der Waals surface area contributed by atoms with Crippen molar-refractivity contribution in [2.45, 2.75) is 93.9 Å². The van der Waals surface area contributed by atoms with Crippen LogP contribution in [0.1, 0.15) is 97.5 Å². The molecule has 0 aliphatic carbocycles. The van der Waals surface area contributed by atoms with Crippen molar-refractivity contribution < 1.29 is 6.94 Å². The molecule has 0 aromatic carbocycles. The third-order valence-corrected chi connectivity index (χ3v) is 17.2. The van der Waals surface area contributed by atoms with Crippen LogP contribution in [0, 0.1) is 10.8 Å². The predicted molar refractivity (Wildman–Crippen MR) is 148 cm³/mol. The summed E-state index contributed by atoms with van der Waals surface area (Å²) in [5.74, 6) is 0. The average molecular weight is 632 g/mol. The SMILES string of the molecule is CC(C)(C)C1=CC(=C/C=C/c2cc(C(C)(C)C)[se+]c(C(C)(C)C)c2)C=C(C(C)(C)C)[Te]1(O)O. The molecule has 0 radical (unpaired) electrons. The van der Waals surface area contributed by atoms with Gasteiger partial charge in [0.2, 0.25) is 0 Å². The summed E-state index contributed by atoms with van der Waals surface area (Å²) in [7, 11) is 0. The summed E-state index contributed by atoms with van der Waals surface area (Å²) < 4.78 is 27.2. The molecule has 0 unspecified atom stereocenters. The van der Waals surface area contributed by atoms with Crippen LogP contribution >= 0.6 is 0 Å². The van der Waals surface area contributed by atoms with Gasteiger partial charge in [-0.3, -0.25) is 0 Å². The van der Waals surface area contributed by atoms with Crippen LogP contribution < -0.4 is 0 Å². The van der Waals surface area contributed by atoms with Crippen LogP contribution in [0.25, 0.3) is 6.08 Å². The molecular formula is C29H45O2SeTe+. The molecule has 0 fully saturated rings. The van der Waals surface area contributed by atoms with E-state index in [9.17, 15) is 6.94 Å². The Balaban J connectivity index is 2.57.